The van der Waals surface area contributed by atoms with Crippen molar-refractivity contribution in [3.8, 4) is 0 Å². The molecule has 0 spiro atoms. The highest BCUT2D eigenvalue weighted by Gasteiger charge is 2.25. The molecule has 1 fully saturated rings. The maximum absolute atomic E-state index is 12.2. The van der Waals surface area contributed by atoms with Crippen LogP contribution in [0.5, 0.6) is 0 Å². The van der Waals surface area contributed by atoms with Crippen LogP contribution in [0.3, 0.4) is 0 Å². The second-order valence-electron chi connectivity index (χ2n) is 5.75. The lowest BCUT2D eigenvalue weighted by atomic mass is 9.95. The van der Waals surface area contributed by atoms with E-state index in [1.165, 1.54) is 6.42 Å². The number of hydrogen-bond donors (Lipinski definition) is 0. The van der Waals surface area contributed by atoms with E-state index in [0.29, 0.717) is 6.42 Å². The molecule has 0 radical (unpaired) electrons. The minimum absolute atomic E-state index is 0.237. The molecule has 19 heavy (non-hydrogen) atoms. The highest BCUT2D eigenvalue weighted by Crippen LogP contribution is 2.24. The number of Topliss-reactive ketones (excluding diaryl/α,β-unsaturated/α-hetero) is 1. The van der Waals surface area contributed by atoms with Crippen molar-refractivity contribution in [3.05, 3.63) is 34.3 Å². The molecule has 0 saturated carbocycles. The Balaban J connectivity index is 1.84. The fourth-order valence-corrected chi connectivity index (χ4v) is 3.20. The van der Waals surface area contributed by atoms with Gasteiger partial charge in [0.2, 0.25) is 0 Å². The molecule has 0 aromatic heterocycles. The highest BCUT2D eigenvalue weighted by molar-refractivity contribution is 9.10. The van der Waals surface area contributed by atoms with Crippen molar-refractivity contribution in [1.82, 2.24) is 4.90 Å². The molecular weight excluding hydrogens is 302 g/mol. The molecule has 1 unspecified atom stereocenters. The number of halogens is 1. The van der Waals surface area contributed by atoms with Gasteiger partial charge < -0.3 is 4.90 Å². The molecule has 1 aliphatic heterocycles. The third-order valence-corrected chi connectivity index (χ3v) is 4.77. The zero-order valence-electron chi connectivity index (χ0n) is 11.7. The maximum atomic E-state index is 12.2. The van der Waals surface area contributed by atoms with Gasteiger partial charge in [0.15, 0.2) is 5.78 Å². The van der Waals surface area contributed by atoms with Crippen LogP contribution < -0.4 is 0 Å². The van der Waals surface area contributed by atoms with Crippen molar-refractivity contribution < 1.29 is 4.79 Å². The summed E-state index contributed by atoms with van der Waals surface area (Å²) in [6, 6.07) is 7.68. The third kappa shape index (κ3) is 3.90. The quantitative estimate of drug-likeness (QED) is 0.763. The molecule has 1 atom stereocenters. The molecule has 1 aromatic rings. The second kappa shape index (κ2) is 6.67. The Labute approximate surface area is 124 Å². The first kappa shape index (κ1) is 14.7. The van der Waals surface area contributed by atoms with Crippen LogP contribution >= 0.6 is 15.9 Å². The molecule has 0 N–H and O–H groups in total. The molecule has 0 aliphatic carbocycles. The summed E-state index contributed by atoms with van der Waals surface area (Å²) in [5, 5.41) is 0. The average Bonchev–Trinajstić information content (AvgIpc) is 2.85. The number of benzene rings is 1. The first-order chi connectivity index (χ1) is 9.08. The largest absolute Gasteiger partial charge is 0.303 e. The van der Waals surface area contributed by atoms with Crippen LogP contribution in [0.1, 0.15) is 37.0 Å². The standard InChI is InChI=1S/C16H22BrNO/c1-12(2)13-7-9-18(11-13)10-8-16(19)14-5-3-4-6-15(14)17/h3-6,12-13H,7-11H2,1-2H3. The van der Waals surface area contributed by atoms with E-state index in [1.54, 1.807) is 0 Å². The van der Waals surface area contributed by atoms with Gasteiger partial charge in [-0.2, -0.15) is 0 Å². The van der Waals surface area contributed by atoms with Gasteiger partial charge in [0.1, 0.15) is 0 Å². The number of rotatable bonds is 5. The number of carbonyl (C=O) groups is 1. The summed E-state index contributed by atoms with van der Waals surface area (Å²) in [6.45, 7) is 7.77. The molecule has 0 bridgehead atoms. The van der Waals surface area contributed by atoms with Crippen LogP contribution in [0.2, 0.25) is 0 Å². The summed E-state index contributed by atoms with van der Waals surface area (Å²) < 4.78 is 0.904. The normalized spacial score (nSPS) is 20.1. The number of ketones is 1. The van der Waals surface area contributed by atoms with Gasteiger partial charge in [0.05, 0.1) is 0 Å². The third-order valence-electron chi connectivity index (χ3n) is 4.08. The Morgan fingerprint density at radius 3 is 2.79 bits per heavy atom. The van der Waals surface area contributed by atoms with Gasteiger partial charge in [0, 0.05) is 29.5 Å². The summed E-state index contributed by atoms with van der Waals surface area (Å²) in [6.07, 6.45) is 1.90. The first-order valence-corrected chi connectivity index (χ1v) is 7.87. The molecular formula is C16H22BrNO. The van der Waals surface area contributed by atoms with Crippen molar-refractivity contribution in [2.45, 2.75) is 26.7 Å². The SMILES string of the molecule is CC(C)C1CCN(CCC(=O)c2ccccc2Br)C1. The van der Waals surface area contributed by atoms with Gasteiger partial charge in [-0.05, 0) is 30.9 Å². The summed E-state index contributed by atoms with van der Waals surface area (Å²) >= 11 is 3.44. The van der Waals surface area contributed by atoms with Gasteiger partial charge in [-0.3, -0.25) is 4.79 Å². The summed E-state index contributed by atoms with van der Waals surface area (Å²) in [4.78, 5) is 14.6. The van der Waals surface area contributed by atoms with Crippen molar-refractivity contribution >= 4 is 21.7 Å². The minimum atomic E-state index is 0.237. The van der Waals surface area contributed by atoms with E-state index >= 15 is 0 Å². The van der Waals surface area contributed by atoms with E-state index < -0.39 is 0 Å². The Bertz CT molecular complexity index is 444. The highest BCUT2D eigenvalue weighted by atomic mass is 79.9. The van der Waals surface area contributed by atoms with Crippen LogP contribution in [0.15, 0.2) is 28.7 Å². The predicted molar refractivity (Wildman–Crippen MR) is 82.5 cm³/mol. The number of nitrogens with zero attached hydrogens (tertiary/aromatic N) is 1. The molecule has 1 aromatic carbocycles. The molecule has 104 valence electrons. The van der Waals surface area contributed by atoms with E-state index in [9.17, 15) is 4.79 Å². The van der Waals surface area contributed by atoms with Gasteiger partial charge in [-0.15, -0.1) is 0 Å². The average molecular weight is 324 g/mol. The number of hydrogen-bond acceptors (Lipinski definition) is 2. The Morgan fingerprint density at radius 2 is 2.16 bits per heavy atom. The van der Waals surface area contributed by atoms with Crippen LogP contribution in [-0.4, -0.2) is 30.3 Å². The zero-order valence-corrected chi connectivity index (χ0v) is 13.3. The lowest BCUT2D eigenvalue weighted by molar-refractivity contribution is 0.0967. The maximum Gasteiger partial charge on any atom is 0.165 e. The van der Waals surface area contributed by atoms with Crippen molar-refractivity contribution in [3.63, 3.8) is 0 Å². The molecule has 1 aliphatic rings. The Kier molecular flexibility index (Phi) is 5.17. The lowest BCUT2D eigenvalue weighted by Gasteiger charge is -2.17. The minimum Gasteiger partial charge on any atom is -0.303 e. The monoisotopic (exact) mass is 323 g/mol. The zero-order chi connectivity index (χ0) is 13.8. The lowest BCUT2D eigenvalue weighted by Crippen LogP contribution is -2.25. The van der Waals surface area contributed by atoms with Gasteiger partial charge >= 0.3 is 0 Å². The molecule has 1 saturated heterocycles. The Morgan fingerprint density at radius 1 is 1.42 bits per heavy atom. The molecule has 1 heterocycles. The van der Waals surface area contributed by atoms with E-state index in [-0.39, 0.29) is 5.78 Å². The van der Waals surface area contributed by atoms with E-state index in [1.807, 2.05) is 24.3 Å². The van der Waals surface area contributed by atoms with Gasteiger partial charge in [-0.1, -0.05) is 48.0 Å². The molecule has 0 amide bonds. The van der Waals surface area contributed by atoms with Crippen molar-refractivity contribution in [2.24, 2.45) is 11.8 Å². The van der Waals surface area contributed by atoms with Crippen LogP contribution in [0, 0.1) is 11.8 Å². The van der Waals surface area contributed by atoms with Gasteiger partial charge in [0.25, 0.3) is 0 Å². The van der Waals surface area contributed by atoms with Crippen LogP contribution in [0.4, 0.5) is 0 Å². The van der Waals surface area contributed by atoms with E-state index in [0.717, 1.165) is 41.5 Å². The molecule has 2 nitrogen and oxygen atoms in total. The molecule has 2 rings (SSSR count). The topological polar surface area (TPSA) is 20.3 Å². The van der Waals surface area contributed by atoms with Crippen LogP contribution in [-0.2, 0) is 0 Å². The summed E-state index contributed by atoms with van der Waals surface area (Å²) in [7, 11) is 0. The molecule has 3 heteroatoms. The van der Waals surface area contributed by atoms with Gasteiger partial charge in [-0.25, -0.2) is 0 Å². The summed E-state index contributed by atoms with van der Waals surface area (Å²) in [5.74, 6) is 1.79. The van der Waals surface area contributed by atoms with Crippen molar-refractivity contribution in [2.75, 3.05) is 19.6 Å². The van der Waals surface area contributed by atoms with E-state index in [4.69, 9.17) is 0 Å². The smallest absolute Gasteiger partial charge is 0.165 e. The number of likely N-dealkylation sites (tertiary alicyclic amines) is 1. The van der Waals surface area contributed by atoms with Crippen LogP contribution in [0.25, 0.3) is 0 Å². The second-order valence-corrected chi connectivity index (χ2v) is 6.60. The fraction of sp³-hybridized carbons (Fsp3) is 0.562. The first-order valence-electron chi connectivity index (χ1n) is 7.08. The van der Waals surface area contributed by atoms with Crippen molar-refractivity contribution in [1.29, 1.82) is 0 Å². The fourth-order valence-electron chi connectivity index (χ4n) is 2.69. The Hall–Kier alpha value is -0.670. The summed E-state index contributed by atoms with van der Waals surface area (Å²) in [5.41, 5.74) is 0.808. The van der Waals surface area contributed by atoms with E-state index in [2.05, 4.69) is 34.7 Å². The predicted octanol–water partition coefficient (Wildman–Crippen LogP) is 4.00. The number of carbonyl (C=O) groups excluding carboxylic acids is 1.